The smallest absolute Gasteiger partial charge is 0.337 e. The van der Waals surface area contributed by atoms with Crippen molar-refractivity contribution in [1.82, 2.24) is 0 Å². The van der Waals surface area contributed by atoms with Gasteiger partial charge in [-0.3, -0.25) is 0 Å². The molecule has 6 nitrogen and oxygen atoms in total. The van der Waals surface area contributed by atoms with Gasteiger partial charge in [-0.2, -0.15) is 0 Å². The van der Waals surface area contributed by atoms with E-state index in [4.69, 9.17) is 15.6 Å². The highest BCUT2D eigenvalue weighted by Crippen LogP contribution is 2.28. The van der Waals surface area contributed by atoms with E-state index in [0.29, 0.717) is 12.3 Å². The molecule has 0 atom stereocenters. The van der Waals surface area contributed by atoms with Gasteiger partial charge in [-0.25, -0.2) is 4.79 Å². The van der Waals surface area contributed by atoms with Gasteiger partial charge in [0.2, 0.25) is 0 Å². The molecule has 0 amide bonds. The Morgan fingerprint density at radius 2 is 2.10 bits per heavy atom. The number of rotatable bonds is 5. The quantitative estimate of drug-likeness (QED) is 0.707. The molecule has 1 heterocycles. The number of aromatic carboxylic acids is 1. The molecule has 0 spiro atoms. The second-order valence-electron chi connectivity index (χ2n) is 5.31. The molecule has 1 saturated heterocycles. The number of aliphatic hydroxyl groups is 1. The Labute approximate surface area is 124 Å². The van der Waals surface area contributed by atoms with E-state index in [1.807, 2.05) is 13.0 Å². The van der Waals surface area contributed by atoms with Crippen LogP contribution in [0.4, 0.5) is 11.4 Å². The topological polar surface area (TPSA) is 96.0 Å². The molecule has 1 aliphatic rings. The van der Waals surface area contributed by atoms with Crippen molar-refractivity contribution in [3.05, 3.63) is 23.3 Å². The first-order valence-corrected chi connectivity index (χ1v) is 7.13. The first-order chi connectivity index (χ1) is 10.0. The number of carboxylic acids is 1. The molecule has 1 aromatic rings. The number of nitrogens with zero attached hydrogens (tertiary/aromatic N) is 1. The van der Waals surface area contributed by atoms with E-state index < -0.39 is 5.97 Å². The molecule has 1 aromatic carbocycles. The predicted molar refractivity (Wildman–Crippen MR) is 80.8 cm³/mol. The third-order valence-corrected chi connectivity index (χ3v) is 3.85. The van der Waals surface area contributed by atoms with Crippen LogP contribution in [-0.4, -0.2) is 48.6 Å². The highest BCUT2D eigenvalue weighted by molar-refractivity contribution is 5.95. The van der Waals surface area contributed by atoms with E-state index in [9.17, 15) is 9.90 Å². The standard InChI is InChI=1S/C15H22N2O4/c1-10-8-11(9-13(14(10)16)15(19)20)17-4-2-12(3-5-17)21-7-6-18/h8-9,12,18H,2-7,16H2,1H3,(H,19,20). The first kappa shape index (κ1) is 15.6. The largest absolute Gasteiger partial charge is 0.478 e. The second kappa shape index (κ2) is 6.78. The van der Waals surface area contributed by atoms with E-state index in [1.54, 1.807) is 6.07 Å². The van der Waals surface area contributed by atoms with Crippen molar-refractivity contribution in [3.8, 4) is 0 Å². The fourth-order valence-electron chi connectivity index (χ4n) is 2.64. The molecule has 4 N–H and O–H groups in total. The van der Waals surface area contributed by atoms with Gasteiger partial charge in [-0.1, -0.05) is 0 Å². The lowest BCUT2D eigenvalue weighted by Gasteiger charge is -2.34. The van der Waals surface area contributed by atoms with Crippen molar-refractivity contribution >= 4 is 17.3 Å². The molecule has 0 radical (unpaired) electrons. The van der Waals surface area contributed by atoms with Crippen LogP contribution in [-0.2, 0) is 4.74 Å². The fourth-order valence-corrected chi connectivity index (χ4v) is 2.64. The zero-order valence-corrected chi connectivity index (χ0v) is 12.2. The summed E-state index contributed by atoms with van der Waals surface area (Å²) in [5.74, 6) is -1.00. The van der Waals surface area contributed by atoms with Crippen molar-refractivity contribution in [3.63, 3.8) is 0 Å². The van der Waals surface area contributed by atoms with E-state index in [1.165, 1.54) is 0 Å². The Balaban J connectivity index is 2.08. The van der Waals surface area contributed by atoms with Crippen molar-refractivity contribution in [1.29, 1.82) is 0 Å². The number of benzene rings is 1. The lowest BCUT2D eigenvalue weighted by atomic mass is 10.0. The van der Waals surface area contributed by atoms with Gasteiger partial charge in [0.1, 0.15) is 0 Å². The number of hydrogen-bond donors (Lipinski definition) is 3. The van der Waals surface area contributed by atoms with Gasteiger partial charge >= 0.3 is 5.97 Å². The van der Waals surface area contributed by atoms with Crippen LogP contribution < -0.4 is 10.6 Å². The monoisotopic (exact) mass is 294 g/mol. The number of nitrogens with two attached hydrogens (primary N) is 1. The summed E-state index contributed by atoms with van der Waals surface area (Å²) in [5, 5.41) is 18.0. The molecular formula is C15H22N2O4. The van der Waals surface area contributed by atoms with Crippen LogP contribution in [0.3, 0.4) is 0 Å². The lowest BCUT2D eigenvalue weighted by molar-refractivity contribution is 0.0159. The van der Waals surface area contributed by atoms with Crippen LogP contribution in [0.15, 0.2) is 12.1 Å². The molecule has 1 aliphatic heterocycles. The number of aryl methyl sites for hydroxylation is 1. The van der Waals surface area contributed by atoms with Crippen LogP contribution in [0.5, 0.6) is 0 Å². The Bertz CT molecular complexity index is 511. The summed E-state index contributed by atoms with van der Waals surface area (Å²) in [6, 6.07) is 3.57. The van der Waals surface area contributed by atoms with Crippen LogP contribution in [0, 0.1) is 6.92 Å². The van der Waals surface area contributed by atoms with E-state index in [2.05, 4.69) is 4.90 Å². The number of ether oxygens (including phenoxy) is 1. The lowest BCUT2D eigenvalue weighted by Crippen LogP contribution is -2.37. The predicted octanol–water partition coefficient (Wildman–Crippen LogP) is 1.25. The molecule has 0 aliphatic carbocycles. The summed E-state index contributed by atoms with van der Waals surface area (Å²) in [4.78, 5) is 13.4. The molecule has 0 unspecified atom stereocenters. The van der Waals surface area contributed by atoms with Crippen LogP contribution in [0.2, 0.25) is 0 Å². The molecule has 116 valence electrons. The minimum atomic E-state index is -1.00. The zero-order valence-electron chi connectivity index (χ0n) is 12.2. The van der Waals surface area contributed by atoms with Gasteiger partial charge in [0.15, 0.2) is 0 Å². The van der Waals surface area contributed by atoms with Gasteiger partial charge in [-0.15, -0.1) is 0 Å². The average molecular weight is 294 g/mol. The summed E-state index contributed by atoms with van der Waals surface area (Å²) < 4.78 is 5.53. The Hall–Kier alpha value is -1.79. The number of aliphatic hydroxyl groups excluding tert-OH is 1. The Kier molecular flexibility index (Phi) is 5.03. The van der Waals surface area contributed by atoms with Gasteiger partial charge in [0.25, 0.3) is 0 Å². The molecule has 6 heteroatoms. The normalized spacial score (nSPS) is 16.2. The minimum absolute atomic E-state index is 0.0410. The van der Waals surface area contributed by atoms with E-state index >= 15 is 0 Å². The van der Waals surface area contributed by atoms with Gasteiger partial charge in [0, 0.05) is 24.5 Å². The maximum atomic E-state index is 11.2. The third-order valence-electron chi connectivity index (χ3n) is 3.85. The van der Waals surface area contributed by atoms with Crippen LogP contribution in [0.25, 0.3) is 0 Å². The summed E-state index contributed by atoms with van der Waals surface area (Å²) in [7, 11) is 0. The number of hydrogen-bond acceptors (Lipinski definition) is 5. The number of nitrogen functional groups attached to an aromatic ring is 1. The number of piperidine rings is 1. The average Bonchev–Trinajstić information content (AvgIpc) is 2.48. The van der Waals surface area contributed by atoms with E-state index in [-0.39, 0.29) is 18.3 Å². The highest BCUT2D eigenvalue weighted by atomic mass is 16.5. The van der Waals surface area contributed by atoms with Crippen LogP contribution in [0.1, 0.15) is 28.8 Å². The molecule has 2 rings (SSSR count). The summed E-state index contributed by atoms with van der Waals surface area (Å²) >= 11 is 0. The zero-order chi connectivity index (χ0) is 15.4. The molecule has 0 aromatic heterocycles. The number of anilines is 2. The Morgan fingerprint density at radius 3 is 2.67 bits per heavy atom. The minimum Gasteiger partial charge on any atom is -0.478 e. The third kappa shape index (κ3) is 3.65. The van der Waals surface area contributed by atoms with Crippen molar-refractivity contribution < 1.29 is 19.7 Å². The van der Waals surface area contributed by atoms with Gasteiger partial charge in [0.05, 0.1) is 24.9 Å². The summed E-state index contributed by atoms with van der Waals surface area (Å²) in [6.07, 6.45) is 1.90. The first-order valence-electron chi connectivity index (χ1n) is 7.13. The molecular weight excluding hydrogens is 272 g/mol. The molecule has 0 saturated carbocycles. The van der Waals surface area contributed by atoms with Gasteiger partial charge < -0.3 is 25.6 Å². The molecule has 1 fully saturated rings. The van der Waals surface area contributed by atoms with Crippen molar-refractivity contribution in [2.24, 2.45) is 0 Å². The SMILES string of the molecule is Cc1cc(N2CCC(OCCO)CC2)cc(C(=O)O)c1N. The van der Waals surface area contributed by atoms with Crippen LogP contribution >= 0.6 is 0 Å². The van der Waals surface area contributed by atoms with E-state index in [0.717, 1.165) is 37.2 Å². The Morgan fingerprint density at radius 1 is 1.43 bits per heavy atom. The summed E-state index contributed by atoms with van der Waals surface area (Å²) in [5.41, 5.74) is 7.97. The number of carboxylic acid groups (broad SMARTS) is 1. The molecule has 0 bridgehead atoms. The maximum Gasteiger partial charge on any atom is 0.337 e. The van der Waals surface area contributed by atoms with Crippen molar-refractivity contribution in [2.45, 2.75) is 25.9 Å². The van der Waals surface area contributed by atoms with Crippen molar-refractivity contribution in [2.75, 3.05) is 36.9 Å². The maximum absolute atomic E-state index is 11.2. The summed E-state index contributed by atoms with van der Waals surface area (Å²) in [6.45, 7) is 3.84. The van der Waals surface area contributed by atoms with Gasteiger partial charge in [-0.05, 0) is 37.5 Å². The molecule has 21 heavy (non-hydrogen) atoms. The fraction of sp³-hybridized carbons (Fsp3) is 0.533. The number of carbonyl (C=O) groups is 1. The highest BCUT2D eigenvalue weighted by Gasteiger charge is 2.21. The second-order valence-corrected chi connectivity index (χ2v) is 5.31.